The molecule has 1 aliphatic rings. The lowest BCUT2D eigenvalue weighted by molar-refractivity contribution is 0.303. The van der Waals surface area contributed by atoms with Crippen molar-refractivity contribution in [2.24, 2.45) is 0 Å². The Balaban J connectivity index is 0.000000156. The predicted octanol–water partition coefficient (Wildman–Crippen LogP) is 7.42. The molecule has 6 rings (SSSR count). The average molecular weight is 629 g/mol. The number of ether oxygens (including phenoxy) is 2. The van der Waals surface area contributed by atoms with Crippen molar-refractivity contribution in [2.75, 3.05) is 13.3 Å². The van der Waals surface area contributed by atoms with Crippen LogP contribution in [-0.2, 0) is 13.0 Å². The summed E-state index contributed by atoms with van der Waals surface area (Å²) in [6, 6.07) is 47.0. The first-order chi connectivity index (χ1) is 18.6. The number of halogens is 1. The van der Waals surface area contributed by atoms with Gasteiger partial charge >= 0.3 is 0 Å². The average Bonchev–Trinajstić information content (AvgIpc) is 3.45. The zero-order chi connectivity index (χ0) is 26.2. The van der Waals surface area contributed by atoms with Crippen LogP contribution in [0.15, 0.2) is 133 Å². The first kappa shape index (κ1) is 26.5. The number of hydrogen-bond donors (Lipinski definition) is 0. The van der Waals surface area contributed by atoms with E-state index in [0.29, 0.717) is 6.61 Å². The van der Waals surface area contributed by atoms with Crippen LogP contribution >= 0.6 is 29.9 Å². The minimum atomic E-state index is -1.53. The Labute approximate surface area is 240 Å². The Hall–Kier alpha value is -3.14. The zero-order valence-corrected chi connectivity index (χ0v) is 24.5. The second kappa shape index (κ2) is 12.6. The lowest BCUT2D eigenvalue weighted by atomic mass is 10.1. The minimum Gasteiger partial charge on any atom is -0.493 e. The van der Waals surface area contributed by atoms with Gasteiger partial charge in [-0.25, -0.2) is 0 Å². The molecule has 1 heterocycles. The molecule has 5 aromatic carbocycles. The molecular formula is C34H31IO2P+. The normalized spacial score (nSPS) is 12.1. The highest BCUT2D eigenvalue weighted by molar-refractivity contribution is 14.1. The second-order valence-corrected chi connectivity index (χ2v) is 14.0. The summed E-state index contributed by atoms with van der Waals surface area (Å²) in [4.78, 5) is 0. The summed E-state index contributed by atoms with van der Waals surface area (Å²) < 4.78 is 12.5. The highest BCUT2D eigenvalue weighted by Crippen LogP contribution is 2.51. The summed E-state index contributed by atoms with van der Waals surface area (Å²) in [6.45, 7) is 3.80. The van der Waals surface area contributed by atoms with Crippen LogP contribution in [0.4, 0.5) is 0 Å². The molecule has 0 fully saturated rings. The van der Waals surface area contributed by atoms with Crippen LogP contribution in [0.2, 0.25) is 0 Å². The van der Waals surface area contributed by atoms with E-state index in [1.54, 1.807) is 0 Å². The van der Waals surface area contributed by atoms with Crippen LogP contribution < -0.4 is 25.4 Å². The smallest absolute Gasteiger partial charge is 0.133 e. The zero-order valence-electron chi connectivity index (χ0n) is 21.5. The Morgan fingerprint density at radius 1 is 0.684 bits per heavy atom. The molecule has 1 aliphatic heterocycles. The maximum atomic E-state index is 5.89. The van der Waals surface area contributed by atoms with Gasteiger partial charge in [0.2, 0.25) is 0 Å². The largest absolute Gasteiger partial charge is 0.493 e. The third-order valence-electron chi connectivity index (χ3n) is 6.80. The number of benzene rings is 5. The molecule has 0 atom stereocenters. The van der Waals surface area contributed by atoms with Crippen LogP contribution in [0.3, 0.4) is 0 Å². The molecule has 0 saturated carbocycles. The van der Waals surface area contributed by atoms with Gasteiger partial charge in [-0.3, -0.25) is 0 Å². The molecule has 0 spiro atoms. The van der Waals surface area contributed by atoms with Gasteiger partial charge in [-0.05, 0) is 76.7 Å². The Kier molecular flexibility index (Phi) is 8.78. The van der Waals surface area contributed by atoms with Crippen molar-refractivity contribution in [1.29, 1.82) is 0 Å². The number of fused-ring (bicyclic) bond motifs is 1. The molecule has 38 heavy (non-hydrogen) atoms. The summed E-state index contributed by atoms with van der Waals surface area (Å²) in [5.74, 6) is 1.95. The third kappa shape index (κ3) is 6.11. The topological polar surface area (TPSA) is 18.5 Å². The van der Waals surface area contributed by atoms with E-state index in [9.17, 15) is 0 Å². The van der Waals surface area contributed by atoms with Gasteiger partial charge < -0.3 is 9.47 Å². The summed E-state index contributed by atoms with van der Waals surface area (Å²) >= 11 is 2.29. The monoisotopic (exact) mass is 629 g/mol. The van der Waals surface area contributed by atoms with E-state index in [2.05, 4.69) is 145 Å². The highest BCUT2D eigenvalue weighted by Gasteiger charge is 2.39. The fourth-order valence-corrected chi connectivity index (χ4v) is 8.44. The van der Waals surface area contributed by atoms with E-state index >= 15 is 0 Å². The summed E-state index contributed by atoms with van der Waals surface area (Å²) in [5.41, 5.74) is 2.43. The molecule has 0 bridgehead atoms. The fourth-order valence-electron chi connectivity index (χ4n) is 4.65. The van der Waals surface area contributed by atoms with E-state index in [0.717, 1.165) is 28.1 Å². The third-order valence-corrected chi connectivity index (χ3v) is 11.6. The molecule has 2 nitrogen and oxygen atoms in total. The summed E-state index contributed by atoms with van der Waals surface area (Å²) in [5, 5.41) is 4.28. The van der Waals surface area contributed by atoms with Gasteiger partial charge in [-0.1, -0.05) is 84.9 Å². The van der Waals surface area contributed by atoms with E-state index in [1.165, 1.54) is 27.0 Å². The summed E-state index contributed by atoms with van der Waals surface area (Å²) in [7, 11) is -1.53. The number of hydrogen-bond acceptors (Lipinski definition) is 2. The van der Waals surface area contributed by atoms with Crippen LogP contribution in [0.1, 0.15) is 11.1 Å². The van der Waals surface area contributed by atoms with Crippen molar-refractivity contribution < 1.29 is 9.47 Å². The maximum absolute atomic E-state index is 5.89. The Morgan fingerprint density at radius 3 is 1.66 bits per heavy atom. The van der Waals surface area contributed by atoms with Crippen LogP contribution in [0.5, 0.6) is 11.5 Å². The predicted molar refractivity (Wildman–Crippen MR) is 170 cm³/mol. The molecule has 0 unspecified atom stereocenters. The van der Waals surface area contributed by atoms with E-state index < -0.39 is 7.26 Å². The standard InChI is InChI=1S/C19H18P.C15H13IO2/c1-20(17-11-5-2-6-12-17,18-13-7-3-8-14-18)19-15-9-4-10-16-19;16-13-9-14-12(6-7-17-14)8-15(13)18-10-11-4-2-1-3-5-11/h2-16H,1H3;1-5,8-9H,6-7,10H2/q+1;. The van der Waals surface area contributed by atoms with Crippen LogP contribution in [-0.4, -0.2) is 13.3 Å². The quantitative estimate of drug-likeness (QED) is 0.144. The van der Waals surface area contributed by atoms with Crippen molar-refractivity contribution in [3.8, 4) is 11.5 Å². The number of rotatable bonds is 6. The SMILES string of the molecule is C[P+](c1ccccc1)(c1ccccc1)c1ccccc1.Ic1cc2c(cc1OCc1ccccc1)CCO2. The Bertz CT molecular complexity index is 1350. The maximum Gasteiger partial charge on any atom is 0.133 e. The molecule has 0 aliphatic carbocycles. The molecule has 0 N–H and O–H groups in total. The van der Waals surface area contributed by atoms with Crippen molar-refractivity contribution in [1.82, 2.24) is 0 Å². The second-order valence-electron chi connectivity index (χ2n) is 9.28. The van der Waals surface area contributed by atoms with Gasteiger partial charge in [0.15, 0.2) is 0 Å². The molecule has 0 radical (unpaired) electrons. The lowest BCUT2D eigenvalue weighted by Gasteiger charge is -2.22. The molecule has 0 aromatic heterocycles. The van der Waals surface area contributed by atoms with Gasteiger partial charge in [0.05, 0.1) is 16.8 Å². The van der Waals surface area contributed by atoms with E-state index in [1.807, 2.05) is 18.2 Å². The molecular weight excluding hydrogens is 598 g/mol. The van der Waals surface area contributed by atoms with Gasteiger partial charge in [0.1, 0.15) is 41.3 Å². The first-order valence-corrected chi connectivity index (χ1v) is 16.1. The fraction of sp³-hybridized carbons (Fsp3) is 0.118. The molecule has 4 heteroatoms. The lowest BCUT2D eigenvalue weighted by Crippen LogP contribution is -2.30. The summed E-state index contributed by atoms with van der Waals surface area (Å²) in [6.07, 6.45) is 0.980. The van der Waals surface area contributed by atoms with E-state index in [-0.39, 0.29) is 0 Å². The van der Waals surface area contributed by atoms with Gasteiger partial charge in [0.25, 0.3) is 0 Å². The van der Waals surface area contributed by atoms with Crippen LogP contribution in [0, 0.1) is 3.57 Å². The van der Waals surface area contributed by atoms with Gasteiger partial charge in [-0.2, -0.15) is 0 Å². The molecule has 0 saturated heterocycles. The van der Waals surface area contributed by atoms with E-state index in [4.69, 9.17) is 9.47 Å². The van der Waals surface area contributed by atoms with Crippen molar-refractivity contribution in [2.45, 2.75) is 13.0 Å². The van der Waals surface area contributed by atoms with Crippen LogP contribution in [0.25, 0.3) is 0 Å². The molecule has 0 amide bonds. The molecule has 190 valence electrons. The minimum absolute atomic E-state index is 0.608. The van der Waals surface area contributed by atoms with Crippen molar-refractivity contribution in [3.05, 3.63) is 148 Å². The highest BCUT2D eigenvalue weighted by atomic mass is 127. The Morgan fingerprint density at radius 2 is 1.16 bits per heavy atom. The van der Waals surface area contributed by atoms with Crippen molar-refractivity contribution >= 4 is 45.8 Å². The molecule has 5 aromatic rings. The first-order valence-electron chi connectivity index (χ1n) is 12.8. The van der Waals surface area contributed by atoms with Crippen molar-refractivity contribution in [3.63, 3.8) is 0 Å². The van der Waals surface area contributed by atoms with Gasteiger partial charge in [0, 0.05) is 12.0 Å². The van der Waals surface area contributed by atoms with Gasteiger partial charge in [-0.15, -0.1) is 0 Å².